The summed E-state index contributed by atoms with van der Waals surface area (Å²) in [5.41, 5.74) is 3.57. The van der Waals surface area contributed by atoms with Gasteiger partial charge in [-0.15, -0.1) is 0 Å². The molecular weight excluding hydrogens is 312 g/mol. The van der Waals surface area contributed by atoms with Crippen LogP contribution in [-0.4, -0.2) is 30.1 Å². The van der Waals surface area contributed by atoms with Crippen LogP contribution in [0.15, 0.2) is 48.5 Å². The van der Waals surface area contributed by atoms with E-state index in [-0.39, 0.29) is 12.1 Å². The van der Waals surface area contributed by atoms with Gasteiger partial charge >= 0.3 is 6.03 Å². The van der Waals surface area contributed by atoms with Crippen LogP contribution in [0.1, 0.15) is 30.5 Å². The summed E-state index contributed by atoms with van der Waals surface area (Å²) < 4.78 is 5.72. The van der Waals surface area contributed by atoms with Crippen molar-refractivity contribution < 1.29 is 9.53 Å². The molecule has 2 aromatic rings. The lowest BCUT2D eigenvalue weighted by molar-refractivity contribution is 0.177. The Labute approximate surface area is 150 Å². The van der Waals surface area contributed by atoms with E-state index in [4.69, 9.17) is 4.74 Å². The summed E-state index contributed by atoms with van der Waals surface area (Å²) in [6, 6.07) is 16.1. The number of rotatable bonds is 7. The fourth-order valence-electron chi connectivity index (χ4n) is 2.50. The van der Waals surface area contributed by atoms with Gasteiger partial charge in [-0.1, -0.05) is 36.4 Å². The number of amides is 2. The van der Waals surface area contributed by atoms with Crippen molar-refractivity contribution in [1.29, 1.82) is 0 Å². The molecule has 4 nitrogen and oxygen atoms in total. The fourth-order valence-corrected chi connectivity index (χ4v) is 2.50. The third kappa shape index (κ3) is 5.82. The maximum Gasteiger partial charge on any atom is 0.318 e. The summed E-state index contributed by atoms with van der Waals surface area (Å²) >= 11 is 0. The Balaban J connectivity index is 1.81. The lowest BCUT2D eigenvalue weighted by Gasteiger charge is -2.27. The van der Waals surface area contributed by atoms with Crippen molar-refractivity contribution in [2.75, 3.05) is 13.2 Å². The molecule has 2 aromatic carbocycles. The number of hydrogen-bond donors (Lipinski definition) is 1. The van der Waals surface area contributed by atoms with Crippen molar-refractivity contribution in [1.82, 2.24) is 10.2 Å². The van der Waals surface area contributed by atoms with Crippen molar-refractivity contribution in [2.45, 2.75) is 40.3 Å². The Morgan fingerprint density at radius 1 is 1.08 bits per heavy atom. The third-order valence-electron chi connectivity index (χ3n) is 4.21. The Kier molecular flexibility index (Phi) is 6.87. The summed E-state index contributed by atoms with van der Waals surface area (Å²) in [6.07, 6.45) is 0. The van der Waals surface area contributed by atoms with Gasteiger partial charge in [0, 0.05) is 12.6 Å². The van der Waals surface area contributed by atoms with Crippen LogP contribution in [0, 0.1) is 13.8 Å². The van der Waals surface area contributed by atoms with Crippen LogP contribution in [0.4, 0.5) is 4.79 Å². The largest absolute Gasteiger partial charge is 0.492 e. The van der Waals surface area contributed by atoms with Crippen molar-refractivity contribution in [2.24, 2.45) is 0 Å². The van der Waals surface area contributed by atoms with E-state index in [2.05, 4.69) is 19.2 Å². The molecule has 0 saturated heterocycles. The van der Waals surface area contributed by atoms with E-state index < -0.39 is 0 Å². The van der Waals surface area contributed by atoms with Gasteiger partial charge in [0.15, 0.2) is 0 Å². The number of benzene rings is 2. The fraction of sp³-hybridized carbons (Fsp3) is 0.381. The average Bonchev–Trinajstić information content (AvgIpc) is 2.60. The van der Waals surface area contributed by atoms with E-state index in [0.29, 0.717) is 19.7 Å². The van der Waals surface area contributed by atoms with Gasteiger partial charge in [-0.05, 0) is 56.5 Å². The van der Waals surface area contributed by atoms with Crippen LogP contribution in [0.5, 0.6) is 5.75 Å². The smallest absolute Gasteiger partial charge is 0.318 e. The molecule has 2 rings (SSSR count). The van der Waals surface area contributed by atoms with Gasteiger partial charge in [-0.3, -0.25) is 0 Å². The zero-order chi connectivity index (χ0) is 18.2. The Bertz CT molecular complexity index is 684. The number of nitrogens with one attached hydrogen (secondary N) is 1. The van der Waals surface area contributed by atoms with Crippen LogP contribution in [0.3, 0.4) is 0 Å². The van der Waals surface area contributed by atoms with E-state index >= 15 is 0 Å². The van der Waals surface area contributed by atoms with E-state index in [0.717, 1.165) is 11.3 Å². The van der Waals surface area contributed by atoms with Crippen molar-refractivity contribution in [3.8, 4) is 5.75 Å². The van der Waals surface area contributed by atoms with Crippen molar-refractivity contribution in [3.63, 3.8) is 0 Å². The molecule has 0 saturated carbocycles. The normalized spacial score (nSPS) is 10.6. The van der Waals surface area contributed by atoms with E-state index in [1.165, 1.54) is 11.1 Å². The number of ether oxygens (including phenoxy) is 1. The summed E-state index contributed by atoms with van der Waals surface area (Å²) in [5.74, 6) is 0.836. The van der Waals surface area contributed by atoms with Gasteiger partial charge in [0.05, 0.1) is 6.54 Å². The highest BCUT2D eigenvalue weighted by Gasteiger charge is 2.16. The minimum Gasteiger partial charge on any atom is -0.492 e. The quantitative estimate of drug-likeness (QED) is 0.764. The SMILES string of the molecule is Cc1ccc(OCCNC(=O)N(Cc2ccccc2)C(C)C)cc1C. The zero-order valence-electron chi connectivity index (χ0n) is 15.6. The minimum atomic E-state index is -0.0671. The molecule has 0 bridgehead atoms. The lowest BCUT2D eigenvalue weighted by Crippen LogP contribution is -2.44. The maximum atomic E-state index is 12.5. The topological polar surface area (TPSA) is 41.6 Å². The number of carbonyl (C=O) groups excluding carboxylic acids is 1. The lowest BCUT2D eigenvalue weighted by atomic mass is 10.1. The third-order valence-corrected chi connectivity index (χ3v) is 4.21. The van der Waals surface area contributed by atoms with Crippen LogP contribution < -0.4 is 10.1 Å². The first-order valence-electron chi connectivity index (χ1n) is 8.76. The summed E-state index contributed by atoms with van der Waals surface area (Å²) in [6.45, 7) is 9.71. The first-order valence-corrected chi connectivity index (χ1v) is 8.76. The predicted molar refractivity (Wildman–Crippen MR) is 102 cm³/mol. The Morgan fingerprint density at radius 2 is 1.80 bits per heavy atom. The molecule has 0 unspecified atom stereocenters. The van der Waals surface area contributed by atoms with E-state index in [9.17, 15) is 4.79 Å². The summed E-state index contributed by atoms with van der Waals surface area (Å²) in [7, 11) is 0. The molecule has 1 N–H and O–H groups in total. The minimum absolute atomic E-state index is 0.0671. The van der Waals surface area contributed by atoms with Crippen LogP contribution >= 0.6 is 0 Å². The molecule has 2 amide bonds. The standard InChI is InChI=1S/C21H28N2O2/c1-16(2)23(15-19-8-6-5-7-9-19)21(24)22-12-13-25-20-11-10-17(3)18(4)14-20/h5-11,14,16H,12-13,15H2,1-4H3,(H,22,24). The summed E-state index contributed by atoms with van der Waals surface area (Å²) in [5, 5.41) is 2.94. The molecule has 134 valence electrons. The predicted octanol–water partition coefficient (Wildman–Crippen LogP) is 4.30. The molecule has 0 aromatic heterocycles. The molecule has 0 fully saturated rings. The first kappa shape index (κ1) is 18.8. The second-order valence-corrected chi connectivity index (χ2v) is 6.53. The number of carbonyl (C=O) groups is 1. The summed E-state index contributed by atoms with van der Waals surface area (Å²) in [4.78, 5) is 14.3. The molecule has 4 heteroatoms. The molecular formula is C21H28N2O2. The Morgan fingerprint density at radius 3 is 2.44 bits per heavy atom. The van der Waals surface area contributed by atoms with Gasteiger partial charge in [-0.2, -0.15) is 0 Å². The highest BCUT2D eigenvalue weighted by atomic mass is 16.5. The van der Waals surface area contributed by atoms with E-state index in [1.54, 1.807) is 0 Å². The number of urea groups is 1. The molecule has 25 heavy (non-hydrogen) atoms. The van der Waals surface area contributed by atoms with Gasteiger partial charge in [-0.25, -0.2) is 4.79 Å². The van der Waals surface area contributed by atoms with Crippen molar-refractivity contribution >= 4 is 6.03 Å². The van der Waals surface area contributed by atoms with Crippen LogP contribution in [-0.2, 0) is 6.54 Å². The molecule has 0 spiro atoms. The second kappa shape index (κ2) is 9.11. The van der Waals surface area contributed by atoms with Gasteiger partial charge in [0.1, 0.15) is 12.4 Å². The molecule has 0 radical (unpaired) electrons. The van der Waals surface area contributed by atoms with Crippen LogP contribution in [0.25, 0.3) is 0 Å². The molecule has 0 aliphatic rings. The van der Waals surface area contributed by atoms with Gasteiger partial charge < -0.3 is 15.0 Å². The average molecular weight is 340 g/mol. The van der Waals surface area contributed by atoms with Crippen molar-refractivity contribution in [3.05, 3.63) is 65.2 Å². The number of nitrogens with zero attached hydrogens (tertiary/aromatic N) is 1. The molecule has 0 aliphatic carbocycles. The molecule has 0 heterocycles. The first-order chi connectivity index (χ1) is 12.0. The zero-order valence-corrected chi connectivity index (χ0v) is 15.6. The molecule has 0 aliphatic heterocycles. The monoisotopic (exact) mass is 340 g/mol. The maximum absolute atomic E-state index is 12.5. The van der Waals surface area contributed by atoms with Gasteiger partial charge in [0.25, 0.3) is 0 Å². The van der Waals surface area contributed by atoms with Crippen LogP contribution in [0.2, 0.25) is 0 Å². The number of aryl methyl sites for hydroxylation is 2. The van der Waals surface area contributed by atoms with Gasteiger partial charge in [0.2, 0.25) is 0 Å². The second-order valence-electron chi connectivity index (χ2n) is 6.53. The highest BCUT2D eigenvalue weighted by Crippen LogP contribution is 2.16. The Hall–Kier alpha value is -2.49. The number of hydrogen-bond acceptors (Lipinski definition) is 2. The highest BCUT2D eigenvalue weighted by molar-refractivity contribution is 5.74. The van der Waals surface area contributed by atoms with E-state index in [1.807, 2.05) is 67.3 Å². The molecule has 0 atom stereocenters.